The Kier molecular flexibility index (Phi) is 6.00. The minimum Gasteiger partial charge on any atom is -0.208 e. The van der Waals surface area contributed by atoms with Gasteiger partial charge in [0.1, 0.15) is 0 Å². The third kappa shape index (κ3) is 4.30. The van der Waals surface area contributed by atoms with Crippen LogP contribution in [0.3, 0.4) is 0 Å². The summed E-state index contributed by atoms with van der Waals surface area (Å²) in [4.78, 5) is 15.0. The summed E-state index contributed by atoms with van der Waals surface area (Å²) in [5.74, 6) is 1.98. The summed E-state index contributed by atoms with van der Waals surface area (Å²) in [7, 11) is 0. The van der Waals surface area contributed by atoms with E-state index < -0.39 is 0 Å². The standard InChI is InChI=1S/C41H25N3S/c1-3-13-28(14-4-1)39-42-40(29-15-5-2-6-16-29)44-41(43-39)35-19-10-9-18-31(35)32-20-11-21-33-34-25-24-27-23-22-26-12-7-8-17-30(26)36(27)38(34)45-37(32)33/h1-25H. The van der Waals surface area contributed by atoms with Crippen molar-refractivity contribution in [1.82, 2.24) is 15.0 Å². The molecule has 0 N–H and O–H groups in total. The van der Waals surface area contributed by atoms with E-state index in [0.717, 1.165) is 22.3 Å². The minimum absolute atomic E-state index is 0.660. The summed E-state index contributed by atoms with van der Waals surface area (Å²) < 4.78 is 2.59. The lowest BCUT2D eigenvalue weighted by molar-refractivity contribution is 1.07. The van der Waals surface area contributed by atoms with E-state index in [-0.39, 0.29) is 0 Å². The molecule has 0 unspecified atom stereocenters. The number of nitrogens with zero attached hydrogens (tertiary/aromatic N) is 3. The average Bonchev–Trinajstić information content (AvgIpc) is 3.51. The van der Waals surface area contributed by atoms with Crippen LogP contribution < -0.4 is 0 Å². The van der Waals surface area contributed by atoms with E-state index in [1.165, 1.54) is 47.3 Å². The Morgan fingerprint density at radius 1 is 0.333 bits per heavy atom. The first-order chi connectivity index (χ1) is 22.3. The van der Waals surface area contributed by atoms with Gasteiger partial charge < -0.3 is 0 Å². The Balaban J connectivity index is 1.30. The van der Waals surface area contributed by atoms with Crippen LogP contribution in [0.5, 0.6) is 0 Å². The van der Waals surface area contributed by atoms with Crippen LogP contribution in [0.1, 0.15) is 0 Å². The van der Waals surface area contributed by atoms with E-state index in [2.05, 4.69) is 91.0 Å². The normalized spacial score (nSPS) is 11.6. The van der Waals surface area contributed by atoms with E-state index >= 15 is 0 Å². The molecule has 0 aliphatic heterocycles. The third-order valence-electron chi connectivity index (χ3n) is 8.53. The van der Waals surface area contributed by atoms with Crippen molar-refractivity contribution in [2.75, 3.05) is 0 Å². The molecule has 9 rings (SSSR count). The van der Waals surface area contributed by atoms with Gasteiger partial charge in [0.15, 0.2) is 17.5 Å². The minimum atomic E-state index is 0.660. The van der Waals surface area contributed by atoms with Gasteiger partial charge in [-0.2, -0.15) is 0 Å². The molecule has 0 fully saturated rings. The van der Waals surface area contributed by atoms with Crippen molar-refractivity contribution in [2.45, 2.75) is 0 Å². The Hall–Kier alpha value is -5.71. The molecule has 0 amide bonds. The molecule has 0 radical (unpaired) electrons. The van der Waals surface area contributed by atoms with Crippen LogP contribution in [0, 0.1) is 0 Å². The van der Waals surface area contributed by atoms with Gasteiger partial charge in [-0.3, -0.25) is 0 Å². The second kappa shape index (κ2) is 10.5. The van der Waals surface area contributed by atoms with E-state index in [9.17, 15) is 0 Å². The van der Waals surface area contributed by atoms with Crippen molar-refractivity contribution in [3.8, 4) is 45.3 Å². The zero-order valence-electron chi connectivity index (χ0n) is 24.2. The van der Waals surface area contributed by atoms with Gasteiger partial charge in [0, 0.05) is 47.8 Å². The van der Waals surface area contributed by atoms with Crippen LogP contribution in [0.25, 0.3) is 87.0 Å². The number of hydrogen-bond acceptors (Lipinski definition) is 4. The molecular formula is C41H25N3S. The zero-order valence-corrected chi connectivity index (χ0v) is 25.0. The molecule has 9 aromatic rings. The fraction of sp³-hybridized carbons (Fsp3) is 0. The molecule has 0 bridgehead atoms. The molecule has 7 aromatic carbocycles. The molecule has 0 atom stereocenters. The summed E-state index contributed by atoms with van der Waals surface area (Å²) >= 11 is 1.88. The van der Waals surface area contributed by atoms with Gasteiger partial charge in [-0.1, -0.05) is 152 Å². The third-order valence-corrected chi connectivity index (χ3v) is 9.80. The molecule has 210 valence electrons. The summed E-state index contributed by atoms with van der Waals surface area (Å²) in [6, 6.07) is 53.1. The van der Waals surface area contributed by atoms with Gasteiger partial charge in [-0.15, -0.1) is 11.3 Å². The quantitative estimate of drug-likeness (QED) is 0.191. The summed E-state index contributed by atoms with van der Waals surface area (Å²) in [6.45, 7) is 0. The van der Waals surface area contributed by atoms with Crippen LogP contribution in [-0.2, 0) is 0 Å². The smallest absolute Gasteiger partial charge is 0.164 e. The van der Waals surface area contributed by atoms with Crippen LogP contribution in [0.4, 0.5) is 0 Å². The summed E-state index contributed by atoms with van der Waals surface area (Å²) in [6.07, 6.45) is 0. The van der Waals surface area contributed by atoms with Crippen LogP contribution in [0.15, 0.2) is 152 Å². The summed E-state index contributed by atoms with van der Waals surface area (Å²) in [5.41, 5.74) is 5.19. The highest BCUT2D eigenvalue weighted by Crippen LogP contribution is 2.45. The van der Waals surface area contributed by atoms with Crippen LogP contribution >= 0.6 is 11.3 Å². The number of aromatic nitrogens is 3. The highest BCUT2D eigenvalue weighted by Gasteiger charge is 2.19. The second-order valence-corrected chi connectivity index (χ2v) is 12.2. The van der Waals surface area contributed by atoms with Crippen molar-refractivity contribution in [3.05, 3.63) is 152 Å². The first-order valence-corrected chi connectivity index (χ1v) is 15.9. The fourth-order valence-electron chi connectivity index (χ4n) is 6.40. The van der Waals surface area contributed by atoms with Crippen molar-refractivity contribution in [3.63, 3.8) is 0 Å². The number of thiophene rings is 1. The Morgan fingerprint density at radius 3 is 1.62 bits per heavy atom. The van der Waals surface area contributed by atoms with Crippen molar-refractivity contribution in [2.24, 2.45) is 0 Å². The summed E-state index contributed by atoms with van der Waals surface area (Å²) in [5, 5.41) is 7.70. The number of fused-ring (bicyclic) bond motifs is 7. The molecular weight excluding hydrogens is 567 g/mol. The molecule has 0 saturated heterocycles. The number of hydrogen-bond donors (Lipinski definition) is 0. The number of rotatable bonds is 4. The first kappa shape index (κ1) is 25.8. The molecule has 2 aromatic heterocycles. The van der Waals surface area contributed by atoms with Crippen molar-refractivity contribution < 1.29 is 0 Å². The molecule has 0 aliphatic rings. The molecule has 4 heteroatoms. The topological polar surface area (TPSA) is 38.7 Å². The van der Waals surface area contributed by atoms with Crippen LogP contribution in [-0.4, -0.2) is 15.0 Å². The van der Waals surface area contributed by atoms with Crippen molar-refractivity contribution >= 4 is 53.1 Å². The van der Waals surface area contributed by atoms with E-state index in [0.29, 0.717) is 17.5 Å². The van der Waals surface area contributed by atoms with Gasteiger partial charge in [0.2, 0.25) is 0 Å². The lowest BCUT2D eigenvalue weighted by atomic mass is 9.96. The SMILES string of the molecule is c1ccc(-c2nc(-c3ccccc3)nc(-c3ccccc3-c3cccc4c3sc3c4ccc4ccc5ccccc5c43)n2)cc1. The Morgan fingerprint density at radius 2 is 0.867 bits per heavy atom. The monoisotopic (exact) mass is 591 g/mol. The fourth-order valence-corrected chi connectivity index (χ4v) is 7.80. The molecule has 2 heterocycles. The largest absolute Gasteiger partial charge is 0.208 e. The molecule has 0 spiro atoms. The lowest BCUT2D eigenvalue weighted by Crippen LogP contribution is -2.01. The van der Waals surface area contributed by atoms with E-state index in [1.54, 1.807) is 0 Å². The first-order valence-electron chi connectivity index (χ1n) is 15.0. The van der Waals surface area contributed by atoms with Crippen molar-refractivity contribution in [1.29, 1.82) is 0 Å². The molecule has 0 aliphatic carbocycles. The predicted octanol–water partition coefficient (Wildman–Crippen LogP) is 11.2. The maximum atomic E-state index is 5.06. The van der Waals surface area contributed by atoms with Gasteiger partial charge >= 0.3 is 0 Å². The van der Waals surface area contributed by atoms with Gasteiger partial charge in [0.05, 0.1) is 0 Å². The lowest BCUT2D eigenvalue weighted by Gasteiger charge is -2.12. The molecule has 0 saturated carbocycles. The predicted molar refractivity (Wildman–Crippen MR) is 189 cm³/mol. The van der Waals surface area contributed by atoms with Gasteiger partial charge in [0.25, 0.3) is 0 Å². The molecule has 45 heavy (non-hydrogen) atoms. The highest BCUT2D eigenvalue weighted by molar-refractivity contribution is 7.27. The van der Waals surface area contributed by atoms with E-state index in [4.69, 9.17) is 15.0 Å². The van der Waals surface area contributed by atoms with Gasteiger partial charge in [-0.25, -0.2) is 15.0 Å². The number of benzene rings is 7. The maximum Gasteiger partial charge on any atom is 0.164 e. The Bertz CT molecular complexity index is 2480. The zero-order chi connectivity index (χ0) is 29.7. The Labute approximate surface area is 264 Å². The molecule has 3 nitrogen and oxygen atoms in total. The van der Waals surface area contributed by atoms with Crippen LogP contribution in [0.2, 0.25) is 0 Å². The highest BCUT2D eigenvalue weighted by atomic mass is 32.1. The average molecular weight is 592 g/mol. The maximum absolute atomic E-state index is 5.06. The van der Waals surface area contributed by atoms with E-state index in [1.807, 2.05) is 72.0 Å². The van der Waals surface area contributed by atoms with Gasteiger partial charge in [-0.05, 0) is 21.7 Å². The second-order valence-electron chi connectivity index (χ2n) is 11.2.